The van der Waals surface area contributed by atoms with Crippen LogP contribution in [0.3, 0.4) is 0 Å². The molecule has 0 aliphatic rings. The summed E-state index contributed by atoms with van der Waals surface area (Å²) in [5.74, 6) is -0.651. The molecule has 126 valence electrons. The van der Waals surface area contributed by atoms with Crippen LogP contribution in [0.4, 0.5) is 5.69 Å². The molecular formula is C18H15N3O3S. The van der Waals surface area contributed by atoms with Gasteiger partial charge in [-0.05, 0) is 30.3 Å². The molecule has 1 amide bonds. The molecule has 0 fully saturated rings. The van der Waals surface area contributed by atoms with Gasteiger partial charge in [0.2, 0.25) is 5.91 Å². The molecule has 2 heterocycles. The first-order chi connectivity index (χ1) is 12.2. The molecule has 1 N–H and O–H groups in total. The lowest BCUT2D eigenvalue weighted by Gasteiger charge is -2.06. The molecule has 0 bridgehead atoms. The van der Waals surface area contributed by atoms with Crippen LogP contribution >= 0.6 is 11.3 Å². The summed E-state index contributed by atoms with van der Waals surface area (Å²) in [6.45, 7) is 0. The van der Waals surface area contributed by atoms with Crippen molar-refractivity contribution in [3.63, 3.8) is 0 Å². The second kappa shape index (κ2) is 7.67. The summed E-state index contributed by atoms with van der Waals surface area (Å²) in [5.41, 5.74) is 2.53. The Morgan fingerprint density at radius 3 is 2.88 bits per heavy atom. The van der Waals surface area contributed by atoms with Crippen LogP contribution in [-0.4, -0.2) is 29.0 Å². The topological polar surface area (TPSA) is 81.2 Å². The third-order valence-corrected chi connectivity index (χ3v) is 4.31. The van der Waals surface area contributed by atoms with Gasteiger partial charge in [-0.15, -0.1) is 11.3 Å². The Bertz CT molecular complexity index is 893. The van der Waals surface area contributed by atoms with Crippen molar-refractivity contribution in [1.82, 2.24) is 9.97 Å². The Balaban J connectivity index is 1.65. The molecule has 0 spiro atoms. The number of nitrogens with zero attached hydrogens (tertiary/aromatic N) is 2. The van der Waals surface area contributed by atoms with Crippen LogP contribution in [-0.2, 0) is 16.0 Å². The van der Waals surface area contributed by atoms with Crippen molar-refractivity contribution in [3.05, 3.63) is 65.4 Å². The van der Waals surface area contributed by atoms with Crippen LogP contribution in [0.25, 0.3) is 10.6 Å². The highest BCUT2D eigenvalue weighted by Crippen LogP contribution is 2.23. The van der Waals surface area contributed by atoms with Gasteiger partial charge < -0.3 is 10.1 Å². The van der Waals surface area contributed by atoms with Crippen molar-refractivity contribution >= 4 is 28.9 Å². The molecule has 0 saturated heterocycles. The molecule has 3 aromatic rings. The van der Waals surface area contributed by atoms with Crippen molar-refractivity contribution in [1.29, 1.82) is 0 Å². The number of amides is 1. The SMILES string of the molecule is COC(=O)c1cccc(NC(=O)Cc2csc(-c3cccnc3)n2)c1. The number of anilines is 1. The van der Waals surface area contributed by atoms with Crippen molar-refractivity contribution in [2.75, 3.05) is 12.4 Å². The zero-order valence-corrected chi connectivity index (χ0v) is 14.2. The average molecular weight is 353 g/mol. The molecule has 7 heteroatoms. The Kier molecular flexibility index (Phi) is 5.15. The zero-order chi connectivity index (χ0) is 17.6. The summed E-state index contributed by atoms with van der Waals surface area (Å²) in [7, 11) is 1.32. The summed E-state index contributed by atoms with van der Waals surface area (Å²) in [6.07, 6.45) is 3.59. The first-order valence-corrected chi connectivity index (χ1v) is 8.36. The van der Waals surface area contributed by atoms with Crippen molar-refractivity contribution < 1.29 is 14.3 Å². The second-order valence-electron chi connectivity index (χ2n) is 5.18. The number of aromatic nitrogens is 2. The maximum absolute atomic E-state index is 12.2. The number of benzene rings is 1. The normalized spacial score (nSPS) is 10.3. The van der Waals surface area contributed by atoms with Crippen LogP contribution in [0, 0.1) is 0 Å². The number of pyridine rings is 1. The maximum Gasteiger partial charge on any atom is 0.337 e. The number of carbonyl (C=O) groups excluding carboxylic acids is 2. The van der Waals surface area contributed by atoms with Crippen molar-refractivity contribution in [3.8, 4) is 10.6 Å². The van der Waals surface area contributed by atoms with E-state index in [1.54, 1.807) is 36.7 Å². The Hall–Kier alpha value is -3.06. The zero-order valence-electron chi connectivity index (χ0n) is 13.4. The first-order valence-electron chi connectivity index (χ1n) is 7.49. The van der Waals surface area contributed by atoms with Gasteiger partial charge in [0.15, 0.2) is 0 Å². The fraction of sp³-hybridized carbons (Fsp3) is 0.111. The van der Waals surface area contributed by atoms with Gasteiger partial charge in [0.1, 0.15) is 5.01 Å². The molecule has 0 atom stereocenters. The monoisotopic (exact) mass is 353 g/mol. The number of esters is 1. The Labute approximate surface area is 148 Å². The van der Waals surface area contributed by atoms with Crippen LogP contribution in [0.2, 0.25) is 0 Å². The number of thiazole rings is 1. The van der Waals surface area contributed by atoms with E-state index in [0.717, 1.165) is 10.6 Å². The number of ether oxygens (including phenoxy) is 1. The van der Waals surface area contributed by atoms with Crippen LogP contribution in [0.1, 0.15) is 16.1 Å². The number of nitrogens with one attached hydrogen (secondary N) is 1. The minimum atomic E-state index is -0.447. The second-order valence-corrected chi connectivity index (χ2v) is 6.04. The van der Waals surface area contributed by atoms with Gasteiger partial charge in [0.05, 0.1) is 24.8 Å². The third-order valence-electron chi connectivity index (χ3n) is 3.37. The summed E-state index contributed by atoms with van der Waals surface area (Å²) in [5, 5.41) is 5.44. The molecule has 2 aromatic heterocycles. The first kappa shape index (κ1) is 16.8. The minimum Gasteiger partial charge on any atom is -0.465 e. The van der Waals surface area contributed by atoms with Gasteiger partial charge >= 0.3 is 5.97 Å². The molecule has 6 nitrogen and oxygen atoms in total. The molecule has 0 aliphatic heterocycles. The molecule has 0 unspecified atom stereocenters. The number of hydrogen-bond acceptors (Lipinski definition) is 6. The van der Waals surface area contributed by atoms with E-state index in [-0.39, 0.29) is 12.3 Å². The van der Waals surface area contributed by atoms with E-state index in [1.807, 2.05) is 17.5 Å². The lowest BCUT2D eigenvalue weighted by Crippen LogP contribution is -2.15. The van der Waals surface area contributed by atoms with Crippen LogP contribution in [0.15, 0.2) is 54.2 Å². The van der Waals surface area contributed by atoms with Gasteiger partial charge in [0, 0.05) is 29.0 Å². The number of methoxy groups -OCH3 is 1. The number of rotatable bonds is 5. The van der Waals surface area contributed by atoms with E-state index < -0.39 is 5.97 Å². The maximum atomic E-state index is 12.2. The minimum absolute atomic E-state index is 0.152. The van der Waals surface area contributed by atoms with Crippen LogP contribution in [0.5, 0.6) is 0 Å². The lowest BCUT2D eigenvalue weighted by atomic mass is 10.2. The molecule has 0 saturated carbocycles. The standard InChI is InChI=1S/C18H15N3O3S/c1-24-18(23)12-4-2-6-14(8-12)20-16(22)9-15-11-25-17(21-15)13-5-3-7-19-10-13/h2-8,10-11H,9H2,1H3,(H,20,22). The van der Waals surface area contributed by atoms with E-state index in [4.69, 9.17) is 0 Å². The molecule has 3 rings (SSSR count). The fourth-order valence-electron chi connectivity index (χ4n) is 2.22. The quantitative estimate of drug-likeness (QED) is 0.713. The van der Waals surface area contributed by atoms with Gasteiger partial charge in [-0.2, -0.15) is 0 Å². The van der Waals surface area contributed by atoms with Gasteiger partial charge in [-0.1, -0.05) is 6.07 Å². The largest absolute Gasteiger partial charge is 0.465 e. The lowest BCUT2D eigenvalue weighted by molar-refractivity contribution is -0.115. The van der Waals surface area contributed by atoms with Crippen molar-refractivity contribution in [2.45, 2.75) is 6.42 Å². The van der Waals surface area contributed by atoms with Crippen LogP contribution < -0.4 is 5.32 Å². The molecule has 0 aliphatic carbocycles. The number of hydrogen-bond donors (Lipinski definition) is 1. The molecule has 1 aromatic carbocycles. The molecular weight excluding hydrogens is 338 g/mol. The predicted octanol–water partition coefficient (Wildman–Crippen LogP) is 3.17. The third kappa shape index (κ3) is 4.27. The highest BCUT2D eigenvalue weighted by molar-refractivity contribution is 7.13. The smallest absolute Gasteiger partial charge is 0.337 e. The predicted molar refractivity (Wildman–Crippen MR) is 95.5 cm³/mol. The summed E-state index contributed by atoms with van der Waals surface area (Å²) < 4.78 is 4.67. The highest BCUT2D eigenvalue weighted by Gasteiger charge is 2.11. The highest BCUT2D eigenvalue weighted by atomic mass is 32.1. The summed E-state index contributed by atoms with van der Waals surface area (Å²) in [4.78, 5) is 32.3. The Morgan fingerprint density at radius 1 is 1.24 bits per heavy atom. The summed E-state index contributed by atoms with van der Waals surface area (Å²) >= 11 is 1.47. The molecule has 25 heavy (non-hydrogen) atoms. The molecule has 0 radical (unpaired) electrons. The van der Waals surface area contributed by atoms with E-state index in [1.165, 1.54) is 18.4 Å². The Morgan fingerprint density at radius 2 is 2.12 bits per heavy atom. The van der Waals surface area contributed by atoms with Gasteiger partial charge in [-0.3, -0.25) is 9.78 Å². The fourth-order valence-corrected chi connectivity index (χ4v) is 3.03. The van der Waals surface area contributed by atoms with E-state index in [2.05, 4.69) is 20.0 Å². The number of carbonyl (C=O) groups is 2. The van der Waals surface area contributed by atoms with E-state index >= 15 is 0 Å². The van der Waals surface area contributed by atoms with E-state index in [0.29, 0.717) is 16.9 Å². The van der Waals surface area contributed by atoms with Gasteiger partial charge in [0.25, 0.3) is 0 Å². The van der Waals surface area contributed by atoms with Crippen molar-refractivity contribution in [2.24, 2.45) is 0 Å². The summed E-state index contributed by atoms with van der Waals surface area (Å²) in [6, 6.07) is 10.4. The van der Waals surface area contributed by atoms with E-state index in [9.17, 15) is 9.59 Å². The average Bonchev–Trinajstić information content (AvgIpc) is 3.10. The van der Waals surface area contributed by atoms with Gasteiger partial charge in [-0.25, -0.2) is 9.78 Å².